The second-order valence-electron chi connectivity index (χ2n) is 5.54. The van der Waals surface area contributed by atoms with Gasteiger partial charge >= 0.3 is 6.18 Å². The molecule has 0 fully saturated rings. The van der Waals surface area contributed by atoms with Crippen LogP contribution in [0.15, 0.2) is 41.7 Å². The van der Waals surface area contributed by atoms with E-state index in [1.54, 1.807) is 10.9 Å². The number of guanidine groups is 1. The van der Waals surface area contributed by atoms with Crippen molar-refractivity contribution in [2.24, 2.45) is 4.99 Å². The molecule has 0 spiro atoms. The number of halogens is 5. The summed E-state index contributed by atoms with van der Waals surface area (Å²) in [5.74, 6) is -0.515. The molecule has 1 aromatic carbocycles. The lowest BCUT2D eigenvalue weighted by molar-refractivity contribution is -0.138. The van der Waals surface area contributed by atoms with E-state index >= 15 is 0 Å². The highest BCUT2D eigenvalue weighted by Gasteiger charge is 2.33. The van der Waals surface area contributed by atoms with Gasteiger partial charge in [-0.3, -0.25) is 4.68 Å². The topological polar surface area (TPSA) is 54.2 Å². The van der Waals surface area contributed by atoms with Gasteiger partial charge in [-0.15, -0.1) is 24.0 Å². The van der Waals surface area contributed by atoms with Gasteiger partial charge in [0.1, 0.15) is 5.82 Å². The fourth-order valence-corrected chi connectivity index (χ4v) is 2.34. The number of hydrogen-bond donors (Lipinski definition) is 2. The lowest BCUT2D eigenvalue weighted by atomic mass is 10.1. The lowest BCUT2D eigenvalue weighted by Crippen LogP contribution is -2.38. The molecule has 27 heavy (non-hydrogen) atoms. The maximum Gasteiger partial charge on any atom is 0.416 e. The Morgan fingerprint density at radius 3 is 2.67 bits per heavy atom. The first-order valence-electron chi connectivity index (χ1n) is 8.25. The minimum Gasteiger partial charge on any atom is -0.357 e. The summed E-state index contributed by atoms with van der Waals surface area (Å²) in [5.41, 5.74) is -1.08. The zero-order valence-corrected chi connectivity index (χ0v) is 17.1. The van der Waals surface area contributed by atoms with Crippen LogP contribution in [0.4, 0.5) is 17.6 Å². The van der Waals surface area contributed by atoms with Crippen molar-refractivity contribution in [3.8, 4) is 0 Å². The average molecular weight is 499 g/mol. The number of rotatable bonds is 7. The van der Waals surface area contributed by atoms with Gasteiger partial charge in [-0.05, 0) is 37.1 Å². The highest BCUT2D eigenvalue weighted by molar-refractivity contribution is 14.0. The molecular formula is C17H22F4IN5. The summed E-state index contributed by atoms with van der Waals surface area (Å²) in [6.45, 7) is 3.53. The predicted molar refractivity (Wildman–Crippen MR) is 106 cm³/mol. The van der Waals surface area contributed by atoms with Gasteiger partial charge in [-0.1, -0.05) is 6.07 Å². The molecule has 0 aliphatic rings. The minimum absolute atomic E-state index is 0. The number of alkyl halides is 3. The Kier molecular flexibility index (Phi) is 9.53. The van der Waals surface area contributed by atoms with E-state index in [9.17, 15) is 17.6 Å². The van der Waals surface area contributed by atoms with Gasteiger partial charge in [0.2, 0.25) is 0 Å². The summed E-state index contributed by atoms with van der Waals surface area (Å²) in [6.07, 6.45) is -0.300. The Hall–Kier alpha value is -1.85. The van der Waals surface area contributed by atoms with Crippen molar-refractivity contribution in [3.05, 3.63) is 53.6 Å². The van der Waals surface area contributed by atoms with Crippen molar-refractivity contribution in [1.82, 2.24) is 20.4 Å². The van der Waals surface area contributed by atoms with Crippen molar-refractivity contribution < 1.29 is 17.6 Å². The molecule has 0 unspecified atom stereocenters. The normalized spacial score (nSPS) is 11.8. The van der Waals surface area contributed by atoms with Crippen LogP contribution in [0.1, 0.15) is 24.5 Å². The van der Waals surface area contributed by atoms with Gasteiger partial charge < -0.3 is 10.6 Å². The highest BCUT2D eigenvalue weighted by atomic mass is 127. The van der Waals surface area contributed by atoms with Gasteiger partial charge in [-0.2, -0.15) is 18.3 Å². The van der Waals surface area contributed by atoms with E-state index in [4.69, 9.17) is 0 Å². The summed E-state index contributed by atoms with van der Waals surface area (Å²) in [4.78, 5) is 4.17. The molecule has 0 saturated heterocycles. The third-order valence-corrected chi connectivity index (χ3v) is 3.54. The van der Waals surface area contributed by atoms with Crippen LogP contribution in [0.5, 0.6) is 0 Å². The maximum absolute atomic E-state index is 13.2. The number of aliphatic imine (C=N–C) groups is 1. The van der Waals surface area contributed by atoms with Crippen LogP contribution >= 0.6 is 24.0 Å². The molecule has 2 N–H and O–H groups in total. The second-order valence-corrected chi connectivity index (χ2v) is 5.54. The molecule has 0 aliphatic carbocycles. The van der Waals surface area contributed by atoms with Crippen molar-refractivity contribution in [2.75, 3.05) is 13.1 Å². The largest absolute Gasteiger partial charge is 0.416 e. The molecule has 0 saturated carbocycles. The van der Waals surface area contributed by atoms with Crippen molar-refractivity contribution in [1.29, 1.82) is 0 Å². The molecule has 2 rings (SSSR count). The summed E-state index contributed by atoms with van der Waals surface area (Å²) in [7, 11) is 0. The van der Waals surface area contributed by atoms with Crippen LogP contribution in [-0.4, -0.2) is 28.8 Å². The molecule has 1 aromatic heterocycles. The van der Waals surface area contributed by atoms with E-state index < -0.39 is 17.6 Å². The van der Waals surface area contributed by atoms with Gasteiger partial charge in [0.25, 0.3) is 0 Å². The first-order chi connectivity index (χ1) is 12.4. The Balaban J connectivity index is 0.00000364. The fraction of sp³-hybridized carbons (Fsp3) is 0.412. The van der Waals surface area contributed by atoms with Crippen LogP contribution < -0.4 is 10.6 Å². The average Bonchev–Trinajstić information content (AvgIpc) is 3.09. The molecule has 2 aromatic rings. The third-order valence-electron chi connectivity index (χ3n) is 3.54. The Bertz CT molecular complexity index is 717. The van der Waals surface area contributed by atoms with Crippen LogP contribution in [0.25, 0.3) is 0 Å². The monoisotopic (exact) mass is 499 g/mol. The number of aryl methyl sites for hydroxylation is 1. The van der Waals surface area contributed by atoms with Crippen LogP contribution in [-0.2, 0) is 19.3 Å². The van der Waals surface area contributed by atoms with E-state index in [-0.39, 0.29) is 36.1 Å². The molecule has 0 aliphatic heterocycles. The number of hydrogen-bond acceptors (Lipinski definition) is 2. The molecular weight excluding hydrogens is 477 g/mol. The number of nitrogens with one attached hydrogen (secondary N) is 2. The van der Waals surface area contributed by atoms with Gasteiger partial charge in [0.05, 0.1) is 12.1 Å². The third kappa shape index (κ3) is 7.73. The van der Waals surface area contributed by atoms with Gasteiger partial charge in [0, 0.05) is 32.0 Å². The molecule has 0 radical (unpaired) electrons. The first-order valence-corrected chi connectivity index (χ1v) is 8.25. The van der Waals surface area contributed by atoms with E-state index in [1.807, 2.05) is 19.2 Å². The van der Waals surface area contributed by atoms with E-state index in [0.717, 1.165) is 25.1 Å². The highest BCUT2D eigenvalue weighted by Crippen LogP contribution is 2.32. The molecule has 1 heterocycles. The molecule has 10 heteroatoms. The quantitative estimate of drug-likeness (QED) is 0.201. The summed E-state index contributed by atoms with van der Waals surface area (Å²) >= 11 is 0. The van der Waals surface area contributed by atoms with E-state index in [0.29, 0.717) is 25.1 Å². The minimum atomic E-state index is -4.62. The Morgan fingerprint density at radius 1 is 1.26 bits per heavy atom. The Morgan fingerprint density at radius 2 is 2.04 bits per heavy atom. The smallest absolute Gasteiger partial charge is 0.357 e. The SMILES string of the molecule is CCNC(=NCc1ccc(F)cc1C(F)(F)F)NCCCn1cccn1.I. The standard InChI is InChI=1S/C17H21F4N5.HI/c1-2-22-16(23-7-3-9-26-10-4-8-25-26)24-12-13-5-6-14(18)11-15(13)17(19,20)21;/h4-6,8,10-11H,2-3,7,9,12H2,1H3,(H2,22,23,24);1H. The fourth-order valence-electron chi connectivity index (χ4n) is 2.34. The van der Waals surface area contributed by atoms with Gasteiger partial charge in [-0.25, -0.2) is 9.38 Å². The summed E-state index contributed by atoms with van der Waals surface area (Å²) < 4.78 is 54.0. The first kappa shape index (κ1) is 23.2. The van der Waals surface area contributed by atoms with E-state index in [2.05, 4.69) is 20.7 Å². The number of aromatic nitrogens is 2. The molecule has 0 bridgehead atoms. The second kappa shape index (κ2) is 11.1. The number of nitrogens with zero attached hydrogens (tertiary/aromatic N) is 3. The molecule has 0 atom stereocenters. The van der Waals surface area contributed by atoms with Crippen LogP contribution in [0.3, 0.4) is 0 Å². The molecule has 150 valence electrons. The van der Waals surface area contributed by atoms with Crippen molar-refractivity contribution in [2.45, 2.75) is 32.6 Å². The van der Waals surface area contributed by atoms with Gasteiger partial charge in [0.15, 0.2) is 5.96 Å². The van der Waals surface area contributed by atoms with Crippen molar-refractivity contribution in [3.63, 3.8) is 0 Å². The predicted octanol–water partition coefficient (Wildman–Crippen LogP) is 3.80. The zero-order valence-electron chi connectivity index (χ0n) is 14.8. The Labute approximate surface area is 172 Å². The zero-order chi connectivity index (χ0) is 19.0. The number of benzene rings is 1. The summed E-state index contributed by atoms with van der Waals surface area (Å²) in [6, 6.07) is 4.45. The van der Waals surface area contributed by atoms with Crippen LogP contribution in [0, 0.1) is 5.82 Å². The maximum atomic E-state index is 13.2. The molecule has 5 nitrogen and oxygen atoms in total. The molecule has 0 amide bonds. The van der Waals surface area contributed by atoms with E-state index in [1.165, 1.54) is 0 Å². The summed E-state index contributed by atoms with van der Waals surface area (Å²) in [5, 5.41) is 10.1. The lowest BCUT2D eigenvalue weighted by Gasteiger charge is -2.14. The van der Waals surface area contributed by atoms with Crippen LogP contribution in [0.2, 0.25) is 0 Å². The van der Waals surface area contributed by atoms with Crippen molar-refractivity contribution >= 4 is 29.9 Å².